The van der Waals surface area contributed by atoms with Gasteiger partial charge in [-0.2, -0.15) is 0 Å². The molecule has 3 aliphatic rings. The van der Waals surface area contributed by atoms with E-state index in [1.54, 1.807) is 6.07 Å². The van der Waals surface area contributed by atoms with E-state index < -0.39 is 23.7 Å². The summed E-state index contributed by atoms with van der Waals surface area (Å²) >= 11 is 0. The number of carbonyl (C=O) groups is 3. The smallest absolute Gasteiger partial charge is 0.319 e. The number of imide groups is 1. The summed E-state index contributed by atoms with van der Waals surface area (Å²) in [5, 5.41) is 0. The minimum atomic E-state index is -0.820. The predicted octanol–water partition coefficient (Wildman–Crippen LogP) is 4.83. The van der Waals surface area contributed by atoms with Crippen molar-refractivity contribution in [1.29, 1.82) is 0 Å². The first-order valence-corrected chi connectivity index (χ1v) is 11.5. The van der Waals surface area contributed by atoms with Gasteiger partial charge in [0.05, 0.1) is 23.4 Å². The fraction of sp³-hybridized carbons (Fsp3) is 0.207. The van der Waals surface area contributed by atoms with Crippen LogP contribution in [0.15, 0.2) is 78.9 Å². The van der Waals surface area contributed by atoms with Crippen LogP contribution in [0.5, 0.6) is 5.75 Å². The Morgan fingerprint density at radius 2 is 1.50 bits per heavy atom. The van der Waals surface area contributed by atoms with Gasteiger partial charge in [0.2, 0.25) is 11.8 Å². The van der Waals surface area contributed by atoms with Gasteiger partial charge in [-0.1, -0.05) is 66.7 Å². The molecule has 168 valence electrons. The molecule has 34 heavy (non-hydrogen) atoms. The SMILES string of the molecule is Cc1ccc2c(c1)OC(=O)[C@@H]1C2=C[C@H](c2ccccc2)[C@H]2C(=O)N(c3ccccc3C)C(=O)[C@@H]12. The van der Waals surface area contributed by atoms with Gasteiger partial charge < -0.3 is 4.74 Å². The Morgan fingerprint density at radius 3 is 2.26 bits per heavy atom. The van der Waals surface area contributed by atoms with Crippen molar-refractivity contribution in [1.82, 2.24) is 0 Å². The molecule has 0 saturated carbocycles. The maximum absolute atomic E-state index is 13.9. The number of aryl methyl sites for hydroxylation is 2. The van der Waals surface area contributed by atoms with E-state index >= 15 is 0 Å². The van der Waals surface area contributed by atoms with Gasteiger partial charge in [-0.05, 0) is 48.2 Å². The molecule has 2 heterocycles. The van der Waals surface area contributed by atoms with Crippen LogP contribution in [-0.2, 0) is 14.4 Å². The van der Waals surface area contributed by atoms with E-state index in [4.69, 9.17) is 4.74 Å². The van der Waals surface area contributed by atoms with Gasteiger partial charge in [-0.25, -0.2) is 4.90 Å². The number of para-hydroxylation sites is 1. The van der Waals surface area contributed by atoms with Crippen molar-refractivity contribution in [2.24, 2.45) is 17.8 Å². The molecule has 2 amide bonds. The van der Waals surface area contributed by atoms with Crippen LogP contribution in [0, 0.1) is 31.6 Å². The van der Waals surface area contributed by atoms with Crippen molar-refractivity contribution in [2.75, 3.05) is 4.90 Å². The number of carbonyl (C=O) groups excluding carboxylic acids is 3. The number of allylic oxidation sites excluding steroid dienone is 1. The number of rotatable bonds is 2. The molecule has 0 spiro atoms. The van der Waals surface area contributed by atoms with E-state index in [9.17, 15) is 14.4 Å². The summed E-state index contributed by atoms with van der Waals surface area (Å²) in [5.74, 6) is -3.22. The number of hydrogen-bond acceptors (Lipinski definition) is 4. The summed E-state index contributed by atoms with van der Waals surface area (Å²) in [6.07, 6.45) is 2.02. The highest BCUT2D eigenvalue weighted by Crippen LogP contribution is 2.54. The second-order valence-corrected chi connectivity index (χ2v) is 9.31. The number of fused-ring (bicyclic) bond motifs is 5. The zero-order valence-corrected chi connectivity index (χ0v) is 18.9. The van der Waals surface area contributed by atoms with Gasteiger partial charge in [0, 0.05) is 11.5 Å². The van der Waals surface area contributed by atoms with E-state index in [1.165, 1.54) is 4.90 Å². The van der Waals surface area contributed by atoms with Gasteiger partial charge >= 0.3 is 5.97 Å². The van der Waals surface area contributed by atoms with Crippen molar-refractivity contribution in [3.05, 3.63) is 101 Å². The molecule has 5 nitrogen and oxygen atoms in total. The highest BCUT2D eigenvalue weighted by Gasteiger charge is 2.60. The molecule has 4 atom stereocenters. The lowest BCUT2D eigenvalue weighted by atomic mass is 9.64. The average molecular weight is 450 g/mol. The molecule has 5 heteroatoms. The largest absolute Gasteiger partial charge is 0.425 e. The summed E-state index contributed by atoms with van der Waals surface area (Å²) in [6, 6.07) is 22.9. The van der Waals surface area contributed by atoms with Gasteiger partial charge in [0.1, 0.15) is 5.75 Å². The first-order chi connectivity index (χ1) is 16.5. The molecule has 0 N–H and O–H groups in total. The highest BCUT2D eigenvalue weighted by atomic mass is 16.5. The third-order valence-corrected chi connectivity index (χ3v) is 7.29. The van der Waals surface area contributed by atoms with Crippen LogP contribution in [0.4, 0.5) is 5.69 Å². The Kier molecular flexibility index (Phi) is 4.56. The minimum Gasteiger partial charge on any atom is -0.425 e. The summed E-state index contributed by atoms with van der Waals surface area (Å²) < 4.78 is 5.72. The zero-order chi connectivity index (χ0) is 23.6. The molecular weight excluding hydrogens is 426 g/mol. The zero-order valence-electron chi connectivity index (χ0n) is 18.9. The topological polar surface area (TPSA) is 63.7 Å². The molecule has 0 bridgehead atoms. The normalized spacial score (nSPS) is 25.3. The van der Waals surface area contributed by atoms with E-state index in [-0.39, 0.29) is 17.7 Å². The van der Waals surface area contributed by atoms with E-state index in [1.807, 2.05) is 86.7 Å². The number of benzene rings is 3. The number of esters is 1. The Hall–Kier alpha value is -3.99. The summed E-state index contributed by atoms with van der Waals surface area (Å²) in [7, 11) is 0. The highest BCUT2D eigenvalue weighted by molar-refractivity contribution is 6.24. The Bertz CT molecular complexity index is 1390. The van der Waals surface area contributed by atoms with E-state index in [0.717, 1.165) is 27.8 Å². The molecule has 2 aliphatic heterocycles. The predicted molar refractivity (Wildman–Crippen MR) is 128 cm³/mol. The lowest BCUT2D eigenvalue weighted by molar-refractivity contribution is -0.142. The van der Waals surface area contributed by atoms with Crippen LogP contribution in [0.1, 0.15) is 28.2 Å². The molecule has 0 unspecified atom stereocenters. The van der Waals surface area contributed by atoms with Crippen LogP contribution >= 0.6 is 0 Å². The number of nitrogens with zero attached hydrogens (tertiary/aromatic N) is 1. The van der Waals surface area contributed by atoms with E-state index in [0.29, 0.717) is 11.4 Å². The first kappa shape index (κ1) is 20.6. The molecule has 3 aromatic carbocycles. The number of hydrogen-bond donors (Lipinski definition) is 0. The Balaban J connectivity index is 1.57. The van der Waals surface area contributed by atoms with Gasteiger partial charge in [-0.3, -0.25) is 14.4 Å². The van der Waals surface area contributed by atoms with Gasteiger partial charge in [-0.15, -0.1) is 0 Å². The van der Waals surface area contributed by atoms with Crippen LogP contribution in [0.25, 0.3) is 5.57 Å². The monoisotopic (exact) mass is 449 g/mol. The molecule has 0 radical (unpaired) electrons. The second-order valence-electron chi connectivity index (χ2n) is 9.31. The maximum atomic E-state index is 13.9. The average Bonchev–Trinajstić information content (AvgIpc) is 3.09. The van der Waals surface area contributed by atoms with Crippen molar-refractivity contribution < 1.29 is 19.1 Å². The third kappa shape index (κ3) is 2.90. The van der Waals surface area contributed by atoms with Crippen LogP contribution in [0.3, 0.4) is 0 Å². The lowest BCUT2D eigenvalue weighted by Gasteiger charge is -2.38. The van der Waals surface area contributed by atoms with Gasteiger partial charge in [0.15, 0.2) is 0 Å². The molecule has 3 aromatic rings. The summed E-state index contributed by atoms with van der Waals surface area (Å²) in [4.78, 5) is 42.4. The van der Waals surface area contributed by atoms with Crippen molar-refractivity contribution in [3.63, 3.8) is 0 Å². The van der Waals surface area contributed by atoms with E-state index in [2.05, 4.69) is 0 Å². The molecule has 1 fully saturated rings. The summed E-state index contributed by atoms with van der Waals surface area (Å²) in [6.45, 7) is 3.82. The van der Waals surface area contributed by atoms with Crippen LogP contribution in [-0.4, -0.2) is 17.8 Å². The Labute approximate surface area is 197 Å². The fourth-order valence-electron chi connectivity index (χ4n) is 5.72. The minimum absolute atomic E-state index is 0.268. The van der Waals surface area contributed by atoms with Crippen molar-refractivity contribution in [3.8, 4) is 5.75 Å². The maximum Gasteiger partial charge on any atom is 0.319 e. The van der Waals surface area contributed by atoms with Crippen LogP contribution in [0.2, 0.25) is 0 Å². The quantitative estimate of drug-likeness (QED) is 0.320. The lowest BCUT2D eigenvalue weighted by Crippen LogP contribution is -2.42. The van der Waals surface area contributed by atoms with Crippen molar-refractivity contribution >= 4 is 29.0 Å². The third-order valence-electron chi connectivity index (χ3n) is 7.29. The Morgan fingerprint density at radius 1 is 0.794 bits per heavy atom. The van der Waals surface area contributed by atoms with Crippen LogP contribution < -0.4 is 9.64 Å². The standard InChI is InChI=1S/C29H23NO4/c1-16-12-13-19-21-15-20(18-9-4-3-5-10-18)24-26(25(21)29(33)34-23(19)14-16)28(32)30(27(24)31)22-11-7-6-8-17(22)2/h3-15,20,24-26H,1-2H3/t20-,24-,25-,26-/m1/s1. The number of anilines is 1. The second kappa shape index (κ2) is 7.52. The van der Waals surface area contributed by atoms with Gasteiger partial charge in [0.25, 0.3) is 0 Å². The number of amides is 2. The molecule has 1 aliphatic carbocycles. The molecular formula is C29H23NO4. The molecule has 0 aromatic heterocycles. The molecule has 1 saturated heterocycles. The fourth-order valence-corrected chi connectivity index (χ4v) is 5.72. The van der Waals surface area contributed by atoms with Crippen molar-refractivity contribution in [2.45, 2.75) is 19.8 Å². The summed E-state index contributed by atoms with van der Waals surface area (Å²) in [5.41, 5.74) is 4.92. The first-order valence-electron chi connectivity index (χ1n) is 11.5. The molecule has 6 rings (SSSR count). The number of ether oxygens (including phenoxy) is 1.